The van der Waals surface area contributed by atoms with Crippen LogP contribution in [0.5, 0.6) is 0 Å². The van der Waals surface area contributed by atoms with Crippen molar-refractivity contribution in [1.29, 1.82) is 0 Å². The van der Waals surface area contributed by atoms with Crippen LogP contribution in [0.15, 0.2) is 12.8 Å². The summed E-state index contributed by atoms with van der Waals surface area (Å²) in [7, 11) is 4.10. The molecule has 0 spiro atoms. The highest BCUT2D eigenvalue weighted by molar-refractivity contribution is 4.58. The summed E-state index contributed by atoms with van der Waals surface area (Å²) >= 11 is 0. The molecule has 0 amide bonds. The molecule has 3 N–H and O–H groups in total. The van der Waals surface area contributed by atoms with Gasteiger partial charge in [0.2, 0.25) is 0 Å². The SMILES string of the molecule is C=CNC[N+](C)(C)CN. The smallest absolute Gasteiger partial charge is 0.152 e. The normalized spacial score (nSPS) is 11.0. The number of hydrogen-bond donors (Lipinski definition) is 2. The lowest BCUT2D eigenvalue weighted by molar-refractivity contribution is -0.892. The van der Waals surface area contributed by atoms with Crippen molar-refractivity contribution in [2.45, 2.75) is 0 Å². The molecule has 0 aromatic carbocycles. The van der Waals surface area contributed by atoms with E-state index in [0.717, 1.165) is 11.2 Å². The molecule has 0 unspecified atom stereocenters. The van der Waals surface area contributed by atoms with Crippen LogP contribution in [-0.2, 0) is 0 Å². The third-order valence-corrected chi connectivity index (χ3v) is 1.16. The van der Waals surface area contributed by atoms with Crippen LogP contribution in [0.4, 0.5) is 0 Å². The molecule has 0 aromatic heterocycles. The lowest BCUT2D eigenvalue weighted by Gasteiger charge is -2.26. The molecule has 3 nitrogen and oxygen atoms in total. The first-order valence-electron chi connectivity index (χ1n) is 2.99. The van der Waals surface area contributed by atoms with Gasteiger partial charge >= 0.3 is 0 Å². The Morgan fingerprint density at radius 3 is 2.56 bits per heavy atom. The molecule has 0 heterocycles. The number of hydrogen-bond acceptors (Lipinski definition) is 2. The molecule has 0 bridgehead atoms. The van der Waals surface area contributed by atoms with Gasteiger partial charge in [-0.1, -0.05) is 6.58 Å². The van der Waals surface area contributed by atoms with Gasteiger partial charge < -0.3 is 5.32 Å². The highest BCUT2D eigenvalue weighted by Crippen LogP contribution is 1.87. The molecule has 0 radical (unpaired) electrons. The predicted molar refractivity (Wildman–Crippen MR) is 39.4 cm³/mol. The summed E-state index contributed by atoms with van der Waals surface area (Å²) in [6, 6.07) is 0. The molecule has 3 heteroatoms. The van der Waals surface area contributed by atoms with Crippen molar-refractivity contribution in [2.24, 2.45) is 5.73 Å². The number of rotatable bonds is 4. The van der Waals surface area contributed by atoms with Crippen LogP contribution in [0.25, 0.3) is 0 Å². The van der Waals surface area contributed by atoms with Crippen LogP contribution in [0.1, 0.15) is 0 Å². The summed E-state index contributed by atoms with van der Waals surface area (Å²) in [5.41, 5.74) is 5.44. The third-order valence-electron chi connectivity index (χ3n) is 1.16. The molecule has 0 rings (SSSR count). The van der Waals surface area contributed by atoms with Crippen molar-refractivity contribution in [3.05, 3.63) is 12.8 Å². The zero-order valence-corrected chi connectivity index (χ0v) is 6.22. The van der Waals surface area contributed by atoms with Crippen molar-refractivity contribution in [3.8, 4) is 0 Å². The Morgan fingerprint density at radius 1 is 1.67 bits per heavy atom. The van der Waals surface area contributed by atoms with Crippen LogP contribution in [0.2, 0.25) is 0 Å². The zero-order valence-electron chi connectivity index (χ0n) is 6.22. The van der Waals surface area contributed by atoms with Crippen LogP contribution >= 0.6 is 0 Å². The minimum Gasteiger partial charge on any atom is -0.346 e. The van der Waals surface area contributed by atoms with E-state index >= 15 is 0 Å². The lowest BCUT2D eigenvalue weighted by atomic mass is 10.6. The molecule has 0 aliphatic carbocycles. The van der Waals surface area contributed by atoms with E-state index in [4.69, 9.17) is 5.73 Å². The van der Waals surface area contributed by atoms with Crippen molar-refractivity contribution in [2.75, 3.05) is 27.4 Å². The predicted octanol–water partition coefficient (Wildman–Crippen LogP) is -0.330. The fourth-order valence-corrected chi connectivity index (χ4v) is 0.376. The number of nitrogens with one attached hydrogen (secondary N) is 1. The quantitative estimate of drug-likeness (QED) is 0.404. The fourth-order valence-electron chi connectivity index (χ4n) is 0.376. The van der Waals surface area contributed by atoms with Crippen molar-refractivity contribution in [1.82, 2.24) is 5.32 Å². The van der Waals surface area contributed by atoms with E-state index in [1.807, 2.05) is 0 Å². The Bertz CT molecular complexity index is 88.3. The summed E-state index contributed by atoms with van der Waals surface area (Å²) in [6.07, 6.45) is 1.68. The first-order valence-corrected chi connectivity index (χ1v) is 2.99. The number of quaternary nitrogens is 1. The van der Waals surface area contributed by atoms with Gasteiger partial charge in [-0.05, 0) is 6.20 Å². The standard InChI is InChI=1S/C6H16N3/c1-4-8-6-9(2,3)5-7/h4,8H,1,5-7H2,2-3H3/q+1. The van der Waals surface area contributed by atoms with Crippen molar-refractivity contribution in [3.63, 3.8) is 0 Å². The summed E-state index contributed by atoms with van der Waals surface area (Å²) in [4.78, 5) is 0. The first-order chi connectivity index (χ1) is 4.12. The molecule has 9 heavy (non-hydrogen) atoms. The second-order valence-corrected chi connectivity index (χ2v) is 2.68. The summed E-state index contributed by atoms with van der Waals surface area (Å²) in [6.45, 7) is 5.01. The highest BCUT2D eigenvalue weighted by atomic mass is 15.4. The Morgan fingerprint density at radius 2 is 2.22 bits per heavy atom. The van der Waals surface area contributed by atoms with Gasteiger partial charge in [0.1, 0.15) is 6.67 Å². The van der Waals surface area contributed by atoms with E-state index in [2.05, 4.69) is 26.0 Å². The van der Waals surface area contributed by atoms with Gasteiger partial charge in [0, 0.05) is 0 Å². The summed E-state index contributed by atoms with van der Waals surface area (Å²) < 4.78 is 0.770. The van der Waals surface area contributed by atoms with Gasteiger partial charge in [0.15, 0.2) is 6.67 Å². The molecule has 0 aromatic rings. The molecule has 0 fully saturated rings. The molecule has 0 saturated carbocycles. The first kappa shape index (κ1) is 8.46. The summed E-state index contributed by atoms with van der Waals surface area (Å²) in [5.74, 6) is 0. The largest absolute Gasteiger partial charge is 0.346 e. The maximum atomic E-state index is 5.44. The molecule has 0 atom stereocenters. The molecule has 0 aliphatic heterocycles. The average Bonchev–Trinajstić information content (AvgIpc) is 1.84. The Labute approximate surface area is 56.7 Å². The lowest BCUT2D eigenvalue weighted by Crippen LogP contribution is -2.48. The van der Waals surface area contributed by atoms with Crippen molar-refractivity contribution >= 4 is 0 Å². The van der Waals surface area contributed by atoms with Crippen LogP contribution in [-0.4, -0.2) is 31.9 Å². The molecule has 0 aliphatic rings. The van der Waals surface area contributed by atoms with E-state index in [0.29, 0.717) is 6.67 Å². The maximum absolute atomic E-state index is 5.44. The van der Waals surface area contributed by atoms with Gasteiger partial charge in [-0.2, -0.15) is 0 Å². The van der Waals surface area contributed by atoms with Gasteiger partial charge in [-0.15, -0.1) is 0 Å². The maximum Gasteiger partial charge on any atom is 0.152 e. The fraction of sp³-hybridized carbons (Fsp3) is 0.667. The highest BCUT2D eigenvalue weighted by Gasteiger charge is 2.08. The van der Waals surface area contributed by atoms with Gasteiger partial charge in [-0.25, -0.2) is 0 Å². The topological polar surface area (TPSA) is 38.0 Å². The molecular weight excluding hydrogens is 114 g/mol. The molecular formula is C6H16N3+. The van der Waals surface area contributed by atoms with E-state index < -0.39 is 0 Å². The van der Waals surface area contributed by atoms with Crippen LogP contribution in [0.3, 0.4) is 0 Å². The molecule has 54 valence electrons. The number of nitrogens with two attached hydrogens (primary N) is 1. The zero-order chi connectivity index (χ0) is 7.33. The van der Waals surface area contributed by atoms with E-state index in [9.17, 15) is 0 Å². The summed E-state index contributed by atoms with van der Waals surface area (Å²) in [5, 5.41) is 3.00. The van der Waals surface area contributed by atoms with Gasteiger partial charge in [0.25, 0.3) is 0 Å². The van der Waals surface area contributed by atoms with E-state index in [1.54, 1.807) is 6.20 Å². The third kappa shape index (κ3) is 4.00. The van der Waals surface area contributed by atoms with Crippen LogP contribution in [0, 0.1) is 0 Å². The van der Waals surface area contributed by atoms with Crippen molar-refractivity contribution < 1.29 is 4.48 Å². The van der Waals surface area contributed by atoms with Gasteiger partial charge in [-0.3, -0.25) is 10.2 Å². The monoisotopic (exact) mass is 130 g/mol. The average molecular weight is 130 g/mol. The Hall–Kier alpha value is -0.540. The van der Waals surface area contributed by atoms with Gasteiger partial charge in [0.05, 0.1) is 14.1 Å². The minimum atomic E-state index is 0.640. The molecule has 0 saturated heterocycles. The Kier molecular flexibility index (Phi) is 3.27. The Balaban J connectivity index is 3.44. The second-order valence-electron chi connectivity index (χ2n) is 2.68. The second kappa shape index (κ2) is 3.48. The number of nitrogens with zero attached hydrogens (tertiary/aromatic N) is 1. The minimum absolute atomic E-state index is 0.640. The van der Waals surface area contributed by atoms with E-state index in [-0.39, 0.29) is 0 Å². The van der Waals surface area contributed by atoms with E-state index in [1.165, 1.54) is 0 Å². The van der Waals surface area contributed by atoms with Crippen LogP contribution < -0.4 is 11.1 Å².